The summed E-state index contributed by atoms with van der Waals surface area (Å²) in [7, 11) is -2.88. The number of benzene rings is 2. The molecule has 2 aromatic rings. The number of sulfonamides is 1. The Morgan fingerprint density at radius 3 is 2.71 bits per heavy atom. The minimum atomic E-state index is -4.08. The van der Waals surface area contributed by atoms with Crippen molar-refractivity contribution in [2.75, 3.05) is 25.2 Å². The highest BCUT2D eigenvalue weighted by molar-refractivity contribution is 7.89. The van der Waals surface area contributed by atoms with E-state index >= 15 is 0 Å². The third-order valence-electron chi connectivity index (χ3n) is 4.24. The fourth-order valence-electron chi connectivity index (χ4n) is 2.90. The third-order valence-corrected chi connectivity index (χ3v) is 6.04. The van der Waals surface area contributed by atoms with Crippen molar-refractivity contribution in [3.8, 4) is 0 Å². The Kier molecular flexibility index (Phi) is 5.29. The number of hydrogen-bond acceptors (Lipinski definition) is 7. The first-order valence-electron chi connectivity index (χ1n) is 8.07. The van der Waals surface area contributed by atoms with Crippen LogP contribution in [0.5, 0.6) is 0 Å². The van der Waals surface area contributed by atoms with Crippen molar-refractivity contribution < 1.29 is 27.3 Å². The minimum Gasteiger partial charge on any atom is -0.468 e. The van der Waals surface area contributed by atoms with Gasteiger partial charge in [0, 0.05) is 18.7 Å². The smallest absolute Gasteiger partial charge is 0.325 e. The number of hydrogen-bond donors (Lipinski definition) is 0. The Hall–Kier alpha value is -3.05. The van der Waals surface area contributed by atoms with Gasteiger partial charge in [0.05, 0.1) is 24.4 Å². The van der Waals surface area contributed by atoms with E-state index in [9.17, 15) is 27.7 Å². The second-order valence-corrected chi connectivity index (χ2v) is 7.98. The molecule has 3 rings (SSSR count). The number of rotatable bonds is 5. The van der Waals surface area contributed by atoms with Crippen LogP contribution in [0.3, 0.4) is 0 Å². The lowest BCUT2D eigenvalue weighted by molar-refractivity contribution is -0.384. The van der Waals surface area contributed by atoms with Crippen molar-refractivity contribution in [1.29, 1.82) is 0 Å². The normalized spacial score (nSPS) is 15.7. The lowest BCUT2D eigenvalue weighted by Gasteiger charge is -2.37. The fraction of sp³-hybridized carbons (Fsp3) is 0.235. The zero-order chi connectivity index (χ0) is 20.5. The molecule has 0 atom stereocenters. The molecule has 11 heteroatoms. The lowest BCUT2D eigenvalue weighted by Crippen LogP contribution is -2.47. The summed E-state index contributed by atoms with van der Waals surface area (Å²) < 4.78 is 45.3. The SMILES string of the molecule is COC(=O)CN1CN(Cc2cccc([N+](=O)[O-])c2)S(=O)(=O)c2cc(F)ccc21. The maximum absolute atomic E-state index is 13.7. The van der Waals surface area contributed by atoms with Crippen molar-refractivity contribution in [3.05, 3.63) is 64.0 Å². The number of ether oxygens (including phenoxy) is 1. The van der Waals surface area contributed by atoms with Crippen LogP contribution in [0.2, 0.25) is 0 Å². The zero-order valence-electron chi connectivity index (χ0n) is 14.7. The second-order valence-electron chi connectivity index (χ2n) is 6.07. The number of fused-ring (bicyclic) bond motifs is 1. The predicted molar refractivity (Wildman–Crippen MR) is 96.5 cm³/mol. The van der Waals surface area contributed by atoms with E-state index in [1.807, 2.05) is 0 Å². The maximum Gasteiger partial charge on any atom is 0.325 e. The van der Waals surface area contributed by atoms with Crippen LogP contribution in [-0.4, -0.2) is 43.9 Å². The fourth-order valence-corrected chi connectivity index (χ4v) is 4.51. The highest BCUT2D eigenvalue weighted by Gasteiger charge is 2.36. The zero-order valence-corrected chi connectivity index (χ0v) is 15.6. The van der Waals surface area contributed by atoms with Gasteiger partial charge < -0.3 is 9.64 Å². The first kappa shape index (κ1) is 19.7. The molecular weight excluding hydrogens is 393 g/mol. The van der Waals surface area contributed by atoms with Crippen LogP contribution in [0.1, 0.15) is 5.56 Å². The molecule has 28 heavy (non-hydrogen) atoms. The van der Waals surface area contributed by atoms with Crippen molar-refractivity contribution >= 4 is 27.4 Å². The quantitative estimate of drug-likeness (QED) is 0.421. The molecule has 1 aliphatic rings. The molecule has 0 bridgehead atoms. The summed E-state index contributed by atoms with van der Waals surface area (Å²) in [5, 5.41) is 11.0. The molecule has 0 saturated carbocycles. The molecule has 0 spiro atoms. The Morgan fingerprint density at radius 1 is 1.29 bits per heavy atom. The summed E-state index contributed by atoms with van der Waals surface area (Å²) in [5.41, 5.74) is 0.391. The molecule has 0 unspecified atom stereocenters. The summed E-state index contributed by atoms with van der Waals surface area (Å²) >= 11 is 0. The van der Waals surface area contributed by atoms with E-state index in [4.69, 9.17) is 0 Å². The molecule has 0 fully saturated rings. The maximum atomic E-state index is 13.7. The molecular formula is C17H16FN3O6S. The van der Waals surface area contributed by atoms with Crippen molar-refractivity contribution in [2.24, 2.45) is 0 Å². The van der Waals surface area contributed by atoms with Gasteiger partial charge in [-0.15, -0.1) is 0 Å². The summed E-state index contributed by atoms with van der Waals surface area (Å²) in [6, 6.07) is 8.83. The molecule has 0 saturated heterocycles. The second kappa shape index (κ2) is 7.52. The first-order chi connectivity index (χ1) is 13.2. The molecule has 0 radical (unpaired) electrons. The number of carbonyl (C=O) groups excluding carboxylic acids is 1. The number of methoxy groups -OCH3 is 1. The number of anilines is 1. The number of nitro benzene ring substituents is 1. The standard InChI is InChI=1S/C17H16FN3O6S/c1-27-17(22)10-19-11-20(9-12-3-2-4-14(7-12)21(23)24)28(25,26)16-8-13(18)5-6-15(16)19/h2-8H,9-11H2,1H3. The molecule has 0 aliphatic carbocycles. The first-order valence-corrected chi connectivity index (χ1v) is 9.51. The van der Waals surface area contributed by atoms with Gasteiger partial charge in [0.1, 0.15) is 17.3 Å². The van der Waals surface area contributed by atoms with Crippen LogP contribution in [0.15, 0.2) is 47.4 Å². The number of nitrogens with zero attached hydrogens (tertiary/aromatic N) is 3. The third kappa shape index (κ3) is 3.80. The van der Waals surface area contributed by atoms with Gasteiger partial charge in [0.15, 0.2) is 0 Å². The van der Waals surface area contributed by atoms with Crippen LogP contribution in [-0.2, 0) is 26.1 Å². The Morgan fingerprint density at radius 2 is 2.04 bits per heavy atom. The Labute approximate surface area is 160 Å². The number of nitro groups is 1. The van der Waals surface area contributed by atoms with Gasteiger partial charge in [0.2, 0.25) is 10.0 Å². The van der Waals surface area contributed by atoms with E-state index < -0.39 is 26.7 Å². The summed E-state index contributed by atoms with van der Waals surface area (Å²) in [4.78, 5) is 23.3. The number of esters is 1. The monoisotopic (exact) mass is 409 g/mol. The number of carbonyl (C=O) groups is 1. The summed E-state index contributed by atoms with van der Waals surface area (Å²) in [6.07, 6.45) is 0. The average molecular weight is 409 g/mol. The number of non-ortho nitro benzene ring substituents is 1. The van der Waals surface area contributed by atoms with Crippen LogP contribution < -0.4 is 4.90 Å². The topological polar surface area (TPSA) is 110 Å². The lowest BCUT2D eigenvalue weighted by atomic mass is 10.2. The molecule has 0 N–H and O–H groups in total. The molecule has 0 amide bonds. The van der Waals surface area contributed by atoms with Crippen molar-refractivity contribution in [1.82, 2.24) is 4.31 Å². The van der Waals surface area contributed by atoms with Gasteiger partial charge in [-0.2, -0.15) is 4.31 Å². The van der Waals surface area contributed by atoms with Crippen LogP contribution in [0, 0.1) is 15.9 Å². The van der Waals surface area contributed by atoms with E-state index in [0.717, 1.165) is 16.4 Å². The van der Waals surface area contributed by atoms with Gasteiger partial charge in [0.25, 0.3) is 5.69 Å². The highest BCUT2D eigenvalue weighted by atomic mass is 32.2. The average Bonchev–Trinajstić information content (AvgIpc) is 2.66. The summed E-state index contributed by atoms with van der Waals surface area (Å²) in [5.74, 6) is -1.33. The van der Waals surface area contributed by atoms with E-state index in [1.165, 1.54) is 36.3 Å². The highest BCUT2D eigenvalue weighted by Crippen LogP contribution is 2.34. The van der Waals surface area contributed by atoms with E-state index in [0.29, 0.717) is 5.56 Å². The molecule has 9 nitrogen and oxygen atoms in total. The van der Waals surface area contributed by atoms with Gasteiger partial charge in [-0.3, -0.25) is 14.9 Å². The molecule has 2 aromatic carbocycles. The van der Waals surface area contributed by atoms with Gasteiger partial charge in [-0.05, 0) is 23.8 Å². The predicted octanol–water partition coefficient (Wildman–Crippen LogP) is 1.88. The molecule has 148 valence electrons. The molecule has 1 aliphatic heterocycles. The van der Waals surface area contributed by atoms with Crippen LogP contribution in [0.4, 0.5) is 15.8 Å². The van der Waals surface area contributed by atoms with E-state index in [2.05, 4.69) is 4.74 Å². The van der Waals surface area contributed by atoms with Gasteiger partial charge >= 0.3 is 5.97 Å². The summed E-state index contributed by atoms with van der Waals surface area (Å²) in [6.45, 7) is -0.619. The van der Waals surface area contributed by atoms with Crippen LogP contribution in [0.25, 0.3) is 0 Å². The van der Waals surface area contributed by atoms with Crippen molar-refractivity contribution in [2.45, 2.75) is 11.4 Å². The Bertz CT molecular complexity index is 1040. The minimum absolute atomic E-state index is 0.176. The molecule has 0 aromatic heterocycles. The van der Waals surface area contributed by atoms with Gasteiger partial charge in [-0.1, -0.05) is 12.1 Å². The largest absolute Gasteiger partial charge is 0.468 e. The van der Waals surface area contributed by atoms with Gasteiger partial charge in [-0.25, -0.2) is 12.8 Å². The molecule has 1 heterocycles. The van der Waals surface area contributed by atoms with Crippen molar-refractivity contribution in [3.63, 3.8) is 0 Å². The van der Waals surface area contributed by atoms with E-state index in [1.54, 1.807) is 6.07 Å². The van der Waals surface area contributed by atoms with E-state index in [-0.39, 0.29) is 36.0 Å². The Balaban J connectivity index is 2.01. The number of halogens is 1. The van der Waals surface area contributed by atoms with Crippen LogP contribution >= 0.6 is 0 Å².